The van der Waals surface area contributed by atoms with Gasteiger partial charge in [-0.1, -0.05) is 55.8 Å². The zero-order valence-corrected chi connectivity index (χ0v) is 20.0. The van der Waals surface area contributed by atoms with E-state index in [9.17, 15) is 10.1 Å². The number of thiazole rings is 1. The number of aromatic nitrogens is 1. The molecule has 5 rings (SSSR count). The molecule has 5 nitrogen and oxygen atoms in total. The molecule has 0 aliphatic carbocycles. The fourth-order valence-corrected chi connectivity index (χ4v) is 4.66. The third-order valence-corrected chi connectivity index (χ3v) is 6.61. The Morgan fingerprint density at radius 3 is 2.74 bits per heavy atom. The summed E-state index contributed by atoms with van der Waals surface area (Å²) in [5.74, 6) is 0.807. The van der Waals surface area contributed by atoms with Crippen LogP contribution in [0.2, 0.25) is 0 Å². The second kappa shape index (κ2) is 9.96. The fourth-order valence-electron chi connectivity index (χ4n) is 3.87. The van der Waals surface area contributed by atoms with Crippen LogP contribution in [0, 0.1) is 11.3 Å². The number of ether oxygens (including phenoxy) is 1. The maximum absolute atomic E-state index is 12.7. The summed E-state index contributed by atoms with van der Waals surface area (Å²) < 4.78 is 11.3. The summed E-state index contributed by atoms with van der Waals surface area (Å²) in [5, 5.41) is 15.0. The molecule has 172 valence electrons. The molecule has 0 unspecified atom stereocenters. The Bertz CT molecular complexity index is 1640. The Kier molecular flexibility index (Phi) is 6.42. The van der Waals surface area contributed by atoms with Crippen molar-refractivity contribution in [2.24, 2.45) is 0 Å². The van der Waals surface area contributed by atoms with Crippen LogP contribution in [0.3, 0.4) is 0 Å². The van der Waals surface area contributed by atoms with E-state index in [0.29, 0.717) is 34.0 Å². The molecule has 0 fully saturated rings. The highest BCUT2D eigenvalue weighted by Gasteiger charge is 2.15. The minimum Gasteiger partial charge on any atom is -0.494 e. The molecule has 0 saturated carbocycles. The van der Waals surface area contributed by atoms with E-state index in [1.807, 2.05) is 66.7 Å². The average Bonchev–Trinajstić information content (AvgIpc) is 3.37. The monoisotopic (exact) mass is 478 g/mol. The molecule has 0 amide bonds. The third kappa shape index (κ3) is 4.72. The Hall–Kier alpha value is -4.21. The standard InChI is InChI=1S/C29H22N2O3S/c1-2-3-14-33-22-11-8-19(9-12-22)15-21(17-30)28-31-26(18-35-28)25-16-24-23-7-5-4-6-20(23)10-13-27(24)34-29(25)32/h4-13,15-16,18H,2-3,14H2,1H3. The lowest BCUT2D eigenvalue weighted by molar-refractivity contribution is 0.309. The summed E-state index contributed by atoms with van der Waals surface area (Å²) in [6.07, 6.45) is 3.88. The van der Waals surface area contributed by atoms with E-state index in [0.717, 1.165) is 40.3 Å². The summed E-state index contributed by atoms with van der Waals surface area (Å²) in [4.78, 5) is 17.3. The van der Waals surface area contributed by atoms with Gasteiger partial charge in [-0.2, -0.15) is 5.26 Å². The zero-order chi connectivity index (χ0) is 24.2. The van der Waals surface area contributed by atoms with Crippen molar-refractivity contribution < 1.29 is 9.15 Å². The number of allylic oxidation sites excluding steroid dienone is 1. The van der Waals surface area contributed by atoms with Gasteiger partial charge in [0.1, 0.15) is 22.4 Å². The maximum Gasteiger partial charge on any atom is 0.345 e. The van der Waals surface area contributed by atoms with Crippen LogP contribution in [0.25, 0.3) is 44.6 Å². The Labute approximate surface area is 206 Å². The second-order valence-electron chi connectivity index (χ2n) is 8.12. The fraction of sp³-hybridized carbons (Fsp3) is 0.138. The van der Waals surface area contributed by atoms with Crippen LogP contribution in [-0.4, -0.2) is 11.6 Å². The van der Waals surface area contributed by atoms with Gasteiger partial charge in [-0.05, 0) is 53.1 Å². The molecule has 0 spiro atoms. The number of nitriles is 1. The number of fused-ring (bicyclic) bond motifs is 3. The largest absolute Gasteiger partial charge is 0.494 e. The molecule has 0 aliphatic rings. The van der Waals surface area contributed by atoms with E-state index in [2.05, 4.69) is 18.0 Å². The number of rotatable bonds is 7. The SMILES string of the molecule is CCCCOc1ccc(C=C(C#N)c2nc(-c3cc4c(ccc5ccccc54)oc3=O)cs2)cc1. The molecule has 0 atom stereocenters. The van der Waals surface area contributed by atoms with Crippen molar-refractivity contribution in [3.05, 3.63) is 93.1 Å². The average molecular weight is 479 g/mol. The lowest BCUT2D eigenvalue weighted by Gasteiger charge is -2.05. The Balaban J connectivity index is 1.47. The Morgan fingerprint density at radius 2 is 1.94 bits per heavy atom. The molecule has 0 bridgehead atoms. The van der Waals surface area contributed by atoms with Crippen LogP contribution in [0.1, 0.15) is 30.3 Å². The summed E-state index contributed by atoms with van der Waals surface area (Å²) in [6.45, 7) is 2.81. The molecule has 2 aromatic heterocycles. The normalized spacial score (nSPS) is 11.6. The quantitative estimate of drug-likeness (QED) is 0.106. The molecular weight excluding hydrogens is 456 g/mol. The smallest absolute Gasteiger partial charge is 0.345 e. The summed E-state index contributed by atoms with van der Waals surface area (Å²) >= 11 is 1.32. The Morgan fingerprint density at radius 1 is 1.11 bits per heavy atom. The van der Waals surface area contributed by atoms with Crippen molar-refractivity contribution in [1.29, 1.82) is 5.26 Å². The van der Waals surface area contributed by atoms with E-state index < -0.39 is 5.63 Å². The van der Waals surface area contributed by atoms with Crippen molar-refractivity contribution in [3.8, 4) is 23.1 Å². The predicted molar refractivity (Wildman–Crippen MR) is 141 cm³/mol. The highest BCUT2D eigenvalue weighted by atomic mass is 32.1. The minimum atomic E-state index is -0.453. The van der Waals surface area contributed by atoms with Crippen LogP contribution in [0.15, 0.2) is 81.3 Å². The van der Waals surface area contributed by atoms with E-state index in [-0.39, 0.29) is 0 Å². The first-order valence-electron chi connectivity index (χ1n) is 11.4. The molecule has 2 heterocycles. The van der Waals surface area contributed by atoms with Crippen LogP contribution in [0.5, 0.6) is 5.75 Å². The van der Waals surface area contributed by atoms with Gasteiger partial charge in [0.25, 0.3) is 0 Å². The van der Waals surface area contributed by atoms with Gasteiger partial charge in [0, 0.05) is 10.8 Å². The predicted octanol–water partition coefficient (Wildman–Crippen LogP) is 7.31. The van der Waals surface area contributed by atoms with Gasteiger partial charge >= 0.3 is 5.63 Å². The van der Waals surface area contributed by atoms with E-state index in [1.165, 1.54) is 11.3 Å². The molecular formula is C29H22N2O3S. The van der Waals surface area contributed by atoms with Crippen molar-refractivity contribution >= 4 is 44.7 Å². The van der Waals surface area contributed by atoms with Crippen LogP contribution in [0.4, 0.5) is 0 Å². The first-order chi connectivity index (χ1) is 17.2. The van der Waals surface area contributed by atoms with Crippen LogP contribution >= 0.6 is 11.3 Å². The number of nitrogens with zero attached hydrogens (tertiary/aromatic N) is 2. The third-order valence-electron chi connectivity index (χ3n) is 5.73. The van der Waals surface area contributed by atoms with Crippen molar-refractivity contribution in [2.45, 2.75) is 19.8 Å². The number of benzene rings is 3. The van der Waals surface area contributed by atoms with Crippen molar-refractivity contribution in [1.82, 2.24) is 4.98 Å². The van der Waals surface area contributed by atoms with Gasteiger partial charge in [-0.3, -0.25) is 0 Å². The van der Waals surface area contributed by atoms with E-state index >= 15 is 0 Å². The molecule has 0 radical (unpaired) electrons. The molecule has 0 N–H and O–H groups in total. The molecule has 0 saturated heterocycles. The van der Waals surface area contributed by atoms with Crippen molar-refractivity contribution in [3.63, 3.8) is 0 Å². The van der Waals surface area contributed by atoms with Crippen LogP contribution < -0.4 is 10.4 Å². The molecule has 0 aliphatic heterocycles. The molecule has 6 heteroatoms. The topological polar surface area (TPSA) is 76.1 Å². The molecule has 35 heavy (non-hydrogen) atoms. The first-order valence-corrected chi connectivity index (χ1v) is 12.3. The first kappa shape index (κ1) is 22.6. The molecule has 5 aromatic rings. The maximum atomic E-state index is 12.7. The lowest BCUT2D eigenvalue weighted by Crippen LogP contribution is -2.03. The summed E-state index contributed by atoms with van der Waals surface area (Å²) in [5.41, 5.74) is 2.25. The van der Waals surface area contributed by atoms with Gasteiger partial charge < -0.3 is 9.15 Å². The summed E-state index contributed by atoms with van der Waals surface area (Å²) in [7, 11) is 0. The van der Waals surface area contributed by atoms with Gasteiger partial charge in [0.2, 0.25) is 0 Å². The highest BCUT2D eigenvalue weighted by Crippen LogP contribution is 2.30. The van der Waals surface area contributed by atoms with Gasteiger partial charge in [0.05, 0.1) is 23.4 Å². The lowest BCUT2D eigenvalue weighted by atomic mass is 10.0. The number of hydrogen-bond donors (Lipinski definition) is 0. The summed E-state index contributed by atoms with van der Waals surface area (Å²) in [6, 6.07) is 23.4. The second-order valence-corrected chi connectivity index (χ2v) is 8.98. The van der Waals surface area contributed by atoms with E-state index in [4.69, 9.17) is 9.15 Å². The minimum absolute atomic E-state index is 0.377. The highest BCUT2D eigenvalue weighted by molar-refractivity contribution is 7.11. The van der Waals surface area contributed by atoms with E-state index in [1.54, 1.807) is 11.5 Å². The zero-order valence-electron chi connectivity index (χ0n) is 19.2. The number of hydrogen-bond acceptors (Lipinski definition) is 6. The van der Waals surface area contributed by atoms with Gasteiger partial charge in [-0.25, -0.2) is 9.78 Å². The van der Waals surface area contributed by atoms with Gasteiger partial charge in [0.15, 0.2) is 0 Å². The molecule has 3 aromatic carbocycles. The van der Waals surface area contributed by atoms with Gasteiger partial charge in [-0.15, -0.1) is 11.3 Å². The van der Waals surface area contributed by atoms with Crippen molar-refractivity contribution in [2.75, 3.05) is 6.61 Å². The number of unbranched alkanes of at least 4 members (excludes halogenated alkanes) is 1. The van der Waals surface area contributed by atoms with Crippen LogP contribution in [-0.2, 0) is 0 Å².